The van der Waals surface area contributed by atoms with Crippen LogP contribution < -0.4 is 16.6 Å². The number of primary amides is 1. The number of nitrogens with two attached hydrogens (primary N) is 1. The molecule has 3 aromatic rings. The maximum atomic E-state index is 13.7. The number of amides is 3. The van der Waals surface area contributed by atoms with E-state index in [9.17, 15) is 40.7 Å². The average molecular weight is 490 g/mol. The number of hydrogen-bond donors (Lipinski definition) is 2. The number of aromatic nitrogens is 2. The number of imide groups is 1. The number of para-hydroxylation sites is 1. The second-order valence-corrected chi connectivity index (χ2v) is 7.42. The molecule has 0 fully saturated rings. The van der Waals surface area contributed by atoms with Gasteiger partial charge in [0.2, 0.25) is 5.91 Å². The van der Waals surface area contributed by atoms with Crippen molar-refractivity contribution >= 4 is 34.6 Å². The van der Waals surface area contributed by atoms with E-state index in [2.05, 4.69) is 4.98 Å². The molecule has 1 heterocycles. The number of thioether (sulfide) groups is 1. The summed E-state index contributed by atoms with van der Waals surface area (Å²) in [5.74, 6) is -1.57. The number of nitrogens with one attached hydrogen (secondary N) is 1. The molecular formula is C19H12F6N4O3S. The minimum atomic E-state index is -5.12. The van der Waals surface area contributed by atoms with E-state index >= 15 is 0 Å². The summed E-state index contributed by atoms with van der Waals surface area (Å²) in [6.45, 7) is 0. The van der Waals surface area contributed by atoms with E-state index in [1.807, 2.05) is 0 Å². The summed E-state index contributed by atoms with van der Waals surface area (Å²) in [5, 5.41) is 1.07. The number of nitrogens with zero attached hydrogens (tertiary/aromatic N) is 2. The molecule has 3 rings (SSSR count). The number of halogens is 6. The highest BCUT2D eigenvalue weighted by Crippen LogP contribution is 2.38. The smallest absolute Gasteiger partial charge is 0.351 e. The van der Waals surface area contributed by atoms with Crippen LogP contribution in [0.15, 0.2) is 52.4 Å². The zero-order chi connectivity index (χ0) is 24.6. The number of hydrogen-bond acceptors (Lipinski definition) is 5. The van der Waals surface area contributed by atoms with Crippen molar-refractivity contribution in [2.75, 3.05) is 5.75 Å². The summed E-state index contributed by atoms with van der Waals surface area (Å²) in [7, 11) is 0. The van der Waals surface area contributed by atoms with Crippen molar-refractivity contribution in [3.8, 4) is 5.69 Å². The van der Waals surface area contributed by atoms with Gasteiger partial charge in [0.1, 0.15) is 0 Å². The third-order valence-corrected chi connectivity index (χ3v) is 5.15. The number of alkyl halides is 6. The third kappa shape index (κ3) is 5.27. The largest absolute Gasteiger partial charge is 0.418 e. The lowest BCUT2D eigenvalue weighted by molar-refractivity contribution is -0.141. The van der Waals surface area contributed by atoms with Crippen molar-refractivity contribution < 1.29 is 35.9 Å². The minimum Gasteiger partial charge on any atom is -0.351 e. The molecule has 0 saturated carbocycles. The predicted molar refractivity (Wildman–Crippen MR) is 106 cm³/mol. The standard InChI is InChI=1S/C19H12F6N4O3S/c20-18(21,22)9-5-6-11(19(23,24)25)13(7-9)29-15(31)10-3-1-2-4-12(10)27-17(29)33-8-14(30)28-16(26)32/h1-7H,8H2,(H3,26,28,30,32). The van der Waals surface area contributed by atoms with Crippen LogP contribution in [0.3, 0.4) is 0 Å². The topological polar surface area (TPSA) is 107 Å². The van der Waals surface area contributed by atoms with E-state index in [-0.39, 0.29) is 29.1 Å². The molecule has 33 heavy (non-hydrogen) atoms. The molecule has 0 bridgehead atoms. The Hall–Kier alpha value is -3.55. The first-order valence-corrected chi connectivity index (χ1v) is 9.80. The summed E-state index contributed by atoms with van der Waals surface area (Å²) in [4.78, 5) is 39.7. The van der Waals surface area contributed by atoms with Gasteiger partial charge >= 0.3 is 18.4 Å². The van der Waals surface area contributed by atoms with Crippen LogP contribution in [0, 0.1) is 0 Å². The number of carbonyl (C=O) groups excluding carboxylic acids is 2. The molecule has 2 aromatic carbocycles. The van der Waals surface area contributed by atoms with Crippen molar-refractivity contribution in [3.63, 3.8) is 0 Å². The molecule has 14 heteroatoms. The van der Waals surface area contributed by atoms with Crippen molar-refractivity contribution in [2.45, 2.75) is 17.5 Å². The molecule has 0 saturated heterocycles. The summed E-state index contributed by atoms with van der Waals surface area (Å²) >= 11 is 0.437. The molecule has 0 spiro atoms. The Kier molecular flexibility index (Phi) is 6.40. The minimum absolute atomic E-state index is 0.0390. The number of carbonyl (C=O) groups is 2. The van der Waals surface area contributed by atoms with Gasteiger partial charge in [0.15, 0.2) is 5.16 Å². The molecule has 3 amide bonds. The van der Waals surface area contributed by atoms with E-state index in [1.54, 1.807) is 5.32 Å². The van der Waals surface area contributed by atoms with Crippen molar-refractivity contribution in [1.82, 2.24) is 14.9 Å². The molecule has 1 aromatic heterocycles. The van der Waals surface area contributed by atoms with Gasteiger partial charge in [-0.1, -0.05) is 23.9 Å². The SMILES string of the molecule is NC(=O)NC(=O)CSc1nc2ccccc2c(=O)n1-c1cc(C(F)(F)F)ccc1C(F)(F)F. The summed E-state index contributed by atoms with van der Waals surface area (Å²) < 4.78 is 81.1. The van der Waals surface area contributed by atoms with Crippen LogP contribution >= 0.6 is 11.8 Å². The fourth-order valence-corrected chi connectivity index (χ4v) is 3.66. The molecule has 0 aliphatic heterocycles. The van der Waals surface area contributed by atoms with Gasteiger partial charge < -0.3 is 5.73 Å². The highest BCUT2D eigenvalue weighted by Gasteiger charge is 2.38. The third-order valence-electron chi connectivity index (χ3n) is 4.21. The van der Waals surface area contributed by atoms with Crippen molar-refractivity contribution in [3.05, 3.63) is 63.9 Å². The molecule has 0 aliphatic carbocycles. The van der Waals surface area contributed by atoms with E-state index < -0.39 is 57.6 Å². The molecular weight excluding hydrogens is 478 g/mol. The zero-order valence-electron chi connectivity index (χ0n) is 16.1. The van der Waals surface area contributed by atoms with Crippen molar-refractivity contribution in [2.24, 2.45) is 5.73 Å². The highest BCUT2D eigenvalue weighted by atomic mass is 32.2. The van der Waals surface area contributed by atoms with Crippen LogP contribution in [-0.2, 0) is 17.1 Å². The first-order valence-electron chi connectivity index (χ1n) is 8.81. The van der Waals surface area contributed by atoms with Gasteiger partial charge in [0, 0.05) is 0 Å². The van der Waals surface area contributed by atoms with Crippen LogP contribution in [0.2, 0.25) is 0 Å². The quantitative estimate of drug-likeness (QED) is 0.330. The van der Waals surface area contributed by atoms with Gasteiger partial charge in [-0.3, -0.25) is 19.5 Å². The Balaban J connectivity index is 2.31. The first-order chi connectivity index (χ1) is 15.3. The van der Waals surface area contributed by atoms with Gasteiger partial charge in [-0.2, -0.15) is 26.3 Å². The van der Waals surface area contributed by atoms with E-state index in [1.165, 1.54) is 24.3 Å². The molecule has 0 atom stereocenters. The monoisotopic (exact) mass is 490 g/mol. The molecule has 0 aliphatic rings. The van der Waals surface area contributed by atoms with E-state index in [0.29, 0.717) is 16.3 Å². The van der Waals surface area contributed by atoms with E-state index in [4.69, 9.17) is 5.73 Å². The Bertz CT molecular complexity index is 1300. The maximum absolute atomic E-state index is 13.7. The zero-order valence-corrected chi connectivity index (χ0v) is 16.9. The number of fused-ring (bicyclic) bond motifs is 1. The first kappa shape index (κ1) is 24.1. The average Bonchev–Trinajstić information content (AvgIpc) is 2.70. The lowest BCUT2D eigenvalue weighted by Crippen LogP contribution is -2.36. The van der Waals surface area contributed by atoms with Gasteiger partial charge in [0.05, 0.1) is 33.5 Å². The lowest BCUT2D eigenvalue weighted by atomic mass is 10.1. The number of benzene rings is 2. The summed E-state index contributed by atoms with van der Waals surface area (Å²) in [6.07, 6.45) is -10.1. The van der Waals surface area contributed by atoms with Gasteiger partial charge in [-0.15, -0.1) is 0 Å². The Morgan fingerprint density at radius 2 is 1.70 bits per heavy atom. The van der Waals surface area contributed by atoms with Crippen LogP contribution in [0.1, 0.15) is 11.1 Å². The number of rotatable bonds is 4. The molecule has 7 nitrogen and oxygen atoms in total. The van der Waals surface area contributed by atoms with E-state index in [0.717, 1.165) is 0 Å². The normalized spacial score (nSPS) is 12.1. The Morgan fingerprint density at radius 1 is 1.03 bits per heavy atom. The summed E-state index contributed by atoms with van der Waals surface area (Å²) in [6, 6.07) is 4.96. The Labute approximate surface area is 184 Å². The fourth-order valence-electron chi connectivity index (χ4n) is 2.86. The van der Waals surface area contributed by atoms with Gasteiger partial charge in [-0.05, 0) is 30.3 Å². The maximum Gasteiger partial charge on any atom is 0.418 e. The predicted octanol–water partition coefficient (Wildman–Crippen LogP) is 3.71. The van der Waals surface area contributed by atoms with Gasteiger partial charge in [-0.25, -0.2) is 9.78 Å². The van der Waals surface area contributed by atoms with Crippen LogP contribution in [0.5, 0.6) is 0 Å². The summed E-state index contributed by atoms with van der Waals surface area (Å²) in [5.41, 5.74) is -0.268. The van der Waals surface area contributed by atoms with Crippen LogP contribution in [0.4, 0.5) is 31.1 Å². The van der Waals surface area contributed by atoms with Crippen LogP contribution in [0.25, 0.3) is 16.6 Å². The second kappa shape index (κ2) is 8.77. The van der Waals surface area contributed by atoms with Crippen molar-refractivity contribution in [1.29, 1.82) is 0 Å². The molecule has 0 radical (unpaired) electrons. The van der Waals surface area contributed by atoms with Crippen LogP contribution in [-0.4, -0.2) is 27.2 Å². The number of urea groups is 1. The lowest BCUT2D eigenvalue weighted by Gasteiger charge is -2.19. The molecule has 174 valence electrons. The second-order valence-electron chi connectivity index (χ2n) is 6.48. The fraction of sp³-hybridized carbons (Fsp3) is 0.158. The van der Waals surface area contributed by atoms with Gasteiger partial charge in [0.25, 0.3) is 5.56 Å². The molecule has 3 N–H and O–H groups in total. The highest BCUT2D eigenvalue weighted by molar-refractivity contribution is 7.99. The molecule has 0 unspecified atom stereocenters. The Morgan fingerprint density at radius 3 is 2.30 bits per heavy atom.